The Kier molecular flexibility index (Phi) is 6.66. The summed E-state index contributed by atoms with van der Waals surface area (Å²) in [5, 5.41) is 8.62. The van der Waals surface area contributed by atoms with Crippen LogP contribution in [-0.2, 0) is 6.42 Å². The Labute approximate surface area is 98.3 Å². The molecule has 0 spiro atoms. The van der Waals surface area contributed by atoms with E-state index in [1.807, 2.05) is 12.1 Å². The smallest absolute Gasteiger partial charge is 0.119 e. The average molecular weight is 222 g/mol. The Morgan fingerprint density at radius 1 is 1.00 bits per heavy atom. The first kappa shape index (κ1) is 13.0. The third-order valence-corrected chi connectivity index (χ3v) is 2.65. The zero-order valence-electron chi connectivity index (χ0n) is 10.1. The Morgan fingerprint density at radius 2 is 1.69 bits per heavy atom. The maximum Gasteiger partial charge on any atom is 0.119 e. The normalized spacial score (nSPS) is 10.4. The van der Waals surface area contributed by atoms with Crippen molar-refractivity contribution in [2.24, 2.45) is 0 Å². The first-order valence-corrected chi connectivity index (χ1v) is 6.19. The fourth-order valence-corrected chi connectivity index (χ4v) is 1.58. The van der Waals surface area contributed by atoms with Gasteiger partial charge in [0.25, 0.3) is 0 Å². The van der Waals surface area contributed by atoms with Gasteiger partial charge in [0.1, 0.15) is 5.75 Å². The van der Waals surface area contributed by atoms with Crippen molar-refractivity contribution in [1.82, 2.24) is 0 Å². The molecule has 0 unspecified atom stereocenters. The van der Waals surface area contributed by atoms with Crippen LogP contribution in [-0.4, -0.2) is 18.3 Å². The van der Waals surface area contributed by atoms with E-state index in [2.05, 4.69) is 19.1 Å². The van der Waals surface area contributed by atoms with Crippen LogP contribution in [0.5, 0.6) is 5.75 Å². The second-order valence-electron chi connectivity index (χ2n) is 3.98. The van der Waals surface area contributed by atoms with E-state index < -0.39 is 0 Å². The van der Waals surface area contributed by atoms with Crippen LogP contribution < -0.4 is 4.74 Å². The van der Waals surface area contributed by atoms with Crippen LogP contribution in [0.3, 0.4) is 0 Å². The lowest BCUT2D eigenvalue weighted by molar-refractivity contribution is 0.273. The molecule has 0 saturated heterocycles. The van der Waals surface area contributed by atoms with Gasteiger partial charge in [0.15, 0.2) is 0 Å². The van der Waals surface area contributed by atoms with E-state index in [1.165, 1.54) is 5.56 Å². The van der Waals surface area contributed by atoms with Crippen LogP contribution >= 0.6 is 0 Å². The molecular formula is C14H22O2. The molecule has 0 amide bonds. The van der Waals surface area contributed by atoms with E-state index in [0.29, 0.717) is 6.61 Å². The molecule has 0 heterocycles. The van der Waals surface area contributed by atoms with Crippen molar-refractivity contribution in [3.8, 4) is 5.75 Å². The summed E-state index contributed by atoms with van der Waals surface area (Å²) in [5.41, 5.74) is 1.34. The lowest BCUT2D eigenvalue weighted by Crippen LogP contribution is -1.97. The van der Waals surface area contributed by atoms with Crippen molar-refractivity contribution in [3.05, 3.63) is 29.8 Å². The number of benzene rings is 1. The highest BCUT2D eigenvalue weighted by Crippen LogP contribution is 2.13. The topological polar surface area (TPSA) is 29.5 Å². The predicted octanol–water partition coefficient (Wildman–Crippen LogP) is 3.18. The summed E-state index contributed by atoms with van der Waals surface area (Å²) in [6.45, 7) is 3.23. The molecule has 0 saturated carbocycles. The highest BCUT2D eigenvalue weighted by atomic mass is 16.5. The SMILES string of the molecule is CCc1ccc(OCCCCCCO)cc1. The van der Waals surface area contributed by atoms with Crippen molar-refractivity contribution in [2.45, 2.75) is 39.0 Å². The minimum absolute atomic E-state index is 0.305. The quantitative estimate of drug-likeness (QED) is 0.684. The van der Waals surface area contributed by atoms with Gasteiger partial charge in [0.2, 0.25) is 0 Å². The highest BCUT2D eigenvalue weighted by Gasteiger charge is 1.94. The number of hydrogen-bond donors (Lipinski definition) is 1. The van der Waals surface area contributed by atoms with Gasteiger partial charge in [-0.25, -0.2) is 0 Å². The fourth-order valence-electron chi connectivity index (χ4n) is 1.58. The molecule has 0 aliphatic rings. The summed E-state index contributed by atoms with van der Waals surface area (Å²) in [6, 6.07) is 8.29. The highest BCUT2D eigenvalue weighted by molar-refractivity contribution is 5.27. The molecule has 0 aliphatic heterocycles. The largest absolute Gasteiger partial charge is 0.494 e. The van der Waals surface area contributed by atoms with E-state index >= 15 is 0 Å². The minimum atomic E-state index is 0.305. The lowest BCUT2D eigenvalue weighted by atomic mass is 10.2. The van der Waals surface area contributed by atoms with E-state index in [-0.39, 0.29) is 0 Å². The Bertz CT molecular complexity index is 267. The molecule has 0 aliphatic carbocycles. The standard InChI is InChI=1S/C14H22O2/c1-2-13-7-9-14(10-8-13)16-12-6-4-3-5-11-15/h7-10,15H,2-6,11-12H2,1H3. The Balaban J connectivity index is 2.12. The number of unbranched alkanes of at least 4 members (excludes halogenated alkanes) is 3. The summed E-state index contributed by atoms with van der Waals surface area (Å²) < 4.78 is 5.62. The summed E-state index contributed by atoms with van der Waals surface area (Å²) in [7, 11) is 0. The van der Waals surface area contributed by atoms with Crippen LogP contribution in [0.15, 0.2) is 24.3 Å². The molecule has 16 heavy (non-hydrogen) atoms. The van der Waals surface area contributed by atoms with Gasteiger partial charge in [-0.1, -0.05) is 25.5 Å². The number of ether oxygens (including phenoxy) is 1. The zero-order chi connectivity index (χ0) is 11.6. The second-order valence-corrected chi connectivity index (χ2v) is 3.98. The van der Waals surface area contributed by atoms with Gasteiger partial charge in [0, 0.05) is 6.61 Å². The molecule has 1 aromatic carbocycles. The summed E-state index contributed by atoms with van der Waals surface area (Å²) >= 11 is 0. The van der Waals surface area contributed by atoms with Crippen molar-refractivity contribution < 1.29 is 9.84 Å². The fraction of sp³-hybridized carbons (Fsp3) is 0.571. The van der Waals surface area contributed by atoms with Gasteiger partial charge in [-0.3, -0.25) is 0 Å². The molecule has 2 nitrogen and oxygen atoms in total. The molecule has 1 rings (SSSR count). The molecule has 0 atom stereocenters. The van der Waals surface area contributed by atoms with Crippen molar-refractivity contribution >= 4 is 0 Å². The van der Waals surface area contributed by atoms with Gasteiger partial charge in [-0.15, -0.1) is 0 Å². The number of aliphatic hydroxyl groups is 1. The van der Waals surface area contributed by atoms with Crippen LogP contribution in [0, 0.1) is 0 Å². The number of aryl methyl sites for hydroxylation is 1. The second kappa shape index (κ2) is 8.17. The van der Waals surface area contributed by atoms with Crippen LogP contribution in [0.25, 0.3) is 0 Å². The van der Waals surface area contributed by atoms with E-state index in [0.717, 1.165) is 44.5 Å². The molecule has 0 aromatic heterocycles. The van der Waals surface area contributed by atoms with Gasteiger partial charge in [0.05, 0.1) is 6.61 Å². The maximum absolute atomic E-state index is 8.62. The molecular weight excluding hydrogens is 200 g/mol. The summed E-state index contributed by atoms with van der Waals surface area (Å²) in [6.07, 6.45) is 5.27. The van der Waals surface area contributed by atoms with E-state index in [4.69, 9.17) is 9.84 Å². The lowest BCUT2D eigenvalue weighted by Gasteiger charge is -2.06. The van der Waals surface area contributed by atoms with Gasteiger partial charge in [-0.2, -0.15) is 0 Å². The van der Waals surface area contributed by atoms with Gasteiger partial charge in [-0.05, 0) is 43.4 Å². The molecule has 0 fully saturated rings. The van der Waals surface area contributed by atoms with Crippen molar-refractivity contribution in [1.29, 1.82) is 0 Å². The maximum atomic E-state index is 8.62. The van der Waals surface area contributed by atoms with Crippen LogP contribution in [0.1, 0.15) is 38.2 Å². The average Bonchev–Trinajstić information content (AvgIpc) is 2.34. The van der Waals surface area contributed by atoms with Crippen molar-refractivity contribution in [3.63, 3.8) is 0 Å². The van der Waals surface area contributed by atoms with Crippen LogP contribution in [0.2, 0.25) is 0 Å². The molecule has 1 N–H and O–H groups in total. The zero-order valence-corrected chi connectivity index (χ0v) is 10.1. The summed E-state index contributed by atoms with van der Waals surface area (Å²) in [4.78, 5) is 0. The molecule has 1 aromatic rings. The van der Waals surface area contributed by atoms with Gasteiger partial charge < -0.3 is 9.84 Å². The summed E-state index contributed by atoms with van der Waals surface area (Å²) in [5.74, 6) is 0.958. The molecule has 2 heteroatoms. The Hall–Kier alpha value is -1.02. The number of aliphatic hydroxyl groups excluding tert-OH is 1. The number of hydrogen-bond acceptors (Lipinski definition) is 2. The van der Waals surface area contributed by atoms with E-state index in [9.17, 15) is 0 Å². The first-order valence-electron chi connectivity index (χ1n) is 6.19. The molecule has 0 radical (unpaired) electrons. The van der Waals surface area contributed by atoms with E-state index in [1.54, 1.807) is 0 Å². The molecule has 0 bridgehead atoms. The first-order chi connectivity index (χ1) is 7.86. The van der Waals surface area contributed by atoms with Gasteiger partial charge >= 0.3 is 0 Å². The number of rotatable bonds is 8. The third-order valence-electron chi connectivity index (χ3n) is 2.65. The third kappa shape index (κ3) is 5.17. The predicted molar refractivity (Wildman–Crippen MR) is 66.9 cm³/mol. The van der Waals surface area contributed by atoms with Crippen LogP contribution in [0.4, 0.5) is 0 Å². The molecule has 90 valence electrons. The van der Waals surface area contributed by atoms with Crippen molar-refractivity contribution in [2.75, 3.05) is 13.2 Å². The Morgan fingerprint density at radius 3 is 2.31 bits per heavy atom. The monoisotopic (exact) mass is 222 g/mol. The minimum Gasteiger partial charge on any atom is -0.494 e.